The SMILES string of the molecule is CNc1ccc(C(=O)NCc2ncn[nH]2)cc1C. The lowest BCUT2D eigenvalue weighted by Crippen LogP contribution is -2.23. The Labute approximate surface area is 105 Å². The molecular formula is C12H15N5O. The van der Waals surface area contributed by atoms with Crippen LogP contribution in [0, 0.1) is 6.92 Å². The average Bonchev–Trinajstić information content (AvgIpc) is 2.89. The molecule has 0 saturated carbocycles. The van der Waals surface area contributed by atoms with E-state index in [1.54, 1.807) is 6.07 Å². The van der Waals surface area contributed by atoms with Gasteiger partial charge in [-0.15, -0.1) is 0 Å². The number of anilines is 1. The molecule has 0 saturated heterocycles. The van der Waals surface area contributed by atoms with Crippen molar-refractivity contribution in [2.75, 3.05) is 12.4 Å². The van der Waals surface area contributed by atoms with Crippen molar-refractivity contribution in [3.05, 3.63) is 41.5 Å². The van der Waals surface area contributed by atoms with Crippen LogP contribution in [0.1, 0.15) is 21.7 Å². The van der Waals surface area contributed by atoms with E-state index < -0.39 is 0 Å². The van der Waals surface area contributed by atoms with Gasteiger partial charge in [0.1, 0.15) is 12.2 Å². The second-order valence-electron chi connectivity index (χ2n) is 3.89. The number of aromatic amines is 1. The van der Waals surface area contributed by atoms with Gasteiger partial charge in [0.2, 0.25) is 0 Å². The van der Waals surface area contributed by atoms with Gasteiger partial charge in [-0.05, 0) is 30.7 Å². The number of carbonyl (C=O) groups is 1. The molecule has 1 aromatic heterocycles. The lowest BCUT2D eigenvalue weighted by Gasteiger charge is -2.08. The number of amides is 1. The number of hydrogen-bond donors (Lipinski definition) is 3. The van der Waals surface area contributed by atoms with E-state index >= 15 is 0 Å². The van der Waals surface area contributed by atoms with Gasteiger partial charge in [0.15, 0.2) is 0 Å². The van der Waals surface area contributed by atoms with E-state index in [1.165, 1.54) is 6.33 Å². The molecule has 1 amide bonds. The van der Waals surface area contributed by atoms with Gasteiger partial charge in [0, 0.05) is 18.3 Å². The first-order chi connectivity index (χ1) is 8.70. The van der Waals surface area contributed by atoms with Crippen molar-refractivity contribution in [1.82, 2.24) is 20.5 Å². The highest BCUT2D eigenvalue weighted by molar-refractivity contribution is 5.94. The molecule has 0 radical (unpaired) electrons. The molecule has 6 heteroatoms. The van der Waals surface area contributed by atoms with Crippen LogP contribution >= 0.6 is 0 Å². The van der Waals surface area contributed by atoms with Crippen LogP contribution in [0.5, 0.6) is 0 Å². The molecule has 2 rings (SSSR count). The molecule has 0 aliphatic heterocycles. The molecule has 3 N–H and O–H groups in total. The van der Waals surface area contributed by atoms with Crippen molar-refractivity contribution in [2.24, 2.45) is 0 Å². The second kappa shape index (κ2) is 5.31. The van der Waals surface area contributed by atoms with E-state index in [1.807, 2.05) is 26.1 Å². The summed E-state index contributed by atoms with van der Waals surface area (Å²) >= 11 is 0. The van der Waals surface area contributed by atoms with E-state index in [2.05, 4.69) is 25.8 Å². The van der Waals surface area contributed by atoms with Crippen LogP contribution in [0.15, 0.2) is 24.5 Å². The van der Waals surface area contributed by atoms with Gasteiger partial charge in [0.25, 0.3) is 5.91 Å². The Morgan fingerprint density at radius 3 is 2.89 bits per heavy atom. The molecule has 6 nitrogen and oxygen atoms in total. The Balaban J connectivity index is 2.02. The third kappa shape index (κ3) is 2.65. The van der Waals surface area contributed by atoms with Crippen LogP contribution in [-0.4, -0.2) is 28.1 Å². The van der Waals surface area contributed by atoms with Crippen molar-refractivity contribution in [3.63, 3.8) is 0 Å². The van der Waals surface area contributed by atoms with Crippen molar-refractivity contribution in [2.45, 2.75) is 13.5 Å². The van der Waals surface area contributed by atoms with Gasteiger partial charge in [-0.2, -0.15) is 5.10 Å². The van der Waals surface area contributed by atoms with Crippen LogP contribution in [0.25, 0.3) is 0 Å². The molecule has 2 aromatic rings. The molecular weight excluding hydrogens is 230 g/mol. The van der Waals surface area contributed by atoms with E-state index in [4.69, 9.17) is 0 Å². The van der Waals surface area contributed by atoms with E-state index in [9.17, 15) is 4.79 Å². The van der Waals surface area contributed by atoms with Crippen LogP contribution < -0.4 is 10.6 Å². The quantitative estimate of drug-likeness (QED) is 0.753. The minimum atomic E-state index is -0.128. The van der Waals surface area contributed by atoms with Crippen LogP contribution in [-0.2, 0) is 6.54 Å². The highest BCUT2D eigenvalue weighted by atomic mass is 16.1. The summed E-state index contributed by atoms with van der Waals surface area (Å²) in [7, 11) is 1.85. The molecule has 0 aliphatic carbocycles. The van der Waals surface area contributed by atoms with Gasteiger partial charge in [-0.1, -0.05) is 0 Å². The molecule has 0 atom stereocenters. The van der Waals surface area contributed by atoms with E-state index in [0.29, 0.717) is 17.9 Å². The summed E-state index contributed by atoms with van der Waals surface area (Å²) in [6.45, 7) is 2.30. The Hall–Kier alpha value is -2.37. The smallest absolute Gasteiger partial charge is 0.251 e. The summed E-state index contributed by atoms with van der Waals surface area (Å²) in [4.78, 5) is 15.8. The second-order valence-corrected chi connectivity index (χ2v) is 3.89. The Morgan fingerprint density at radius 1 is 1.44 bits per heavy atom. The van der Waals surface area contributed by atoms with E-state index in [0.717, 1.165) is 11.3 Å². The third-order valence-electron chi connectivity index (χ3n) is 2.64. The zero-order valence-corrected chi connectivity index (χ0v) is 10.3. The lowest BCUT2D eigenvalue weighted by atomic mass is 10.1. The number of rotatable bonds is 4. The topological polar surface area (TPSA) is 82.7 Å². The number of H-pyrrole nitrogens is 1. The first-order valence-electron chi connectivity index (χ1n) is 5.61. The van der Waals surface area contributed by atoms with Gasteiger partial charge >= 0.3 is 0 Å². The summed E-state index contributed by atoms with van der Waals surface area (Å²) in [6.07, 6.45) is 1.41. The number of nitrogens with zero attached hydrogens (tertiary/aromatic N) is 2. The predicted molar refractivity (Wildman–Crippen MR) is 68.3 cm³/mol. The largest absolute Gasteiger partial charge is 0.388 e. The molecule has 0 aliphatic rings. The van der Waals surface area contributed by atoms with Gasteiger partial charge in [-0.25, -0.2) is 4.98 Å². The fourth-order valence-corrected chi connectivity index (χ4v) is 1.67. The fraction of sp³-hybridized carbons (Fsp3) is 0.250. The normalized spacial score (nSPS) is 10.1. The molecule has 0 fully saturated rings. The lowest BCUT2D eigenvalue weighted by molar-refractivity contribution is 0.0950. The summed E-state index contributed by atoms with van der Waals surface area (Å²) < 4.78 is 0. The van der Waals surface area contributed by atoms with Crippen molar-refractivity contribution >= 4 is 11.6 Å². The standard InChI is InChI=1S/C12H15N5O/c1-8-5-9(3-4-10(8)13-2)12(18)14-6-11-15-7-16-17-11/h3-5,7,13H,6H2,1-2H3,(H,14,18)(H,15,16,17). The monoisotopic (exact) mass is 245 g/mol. The Morgan fingerprint density at radius 2 is 2.28 bits per heavy atom. The van der Waals surface area contributed by atoms with Crippen molar-refractivity contribution < 1.29 is 4.79 Å². The summed E-state index contributed by atoms with van der Waals surface area (Å²) in [5, 5.41) is 12.2. The molecule has 18 heavy (non-hydrogen) atoms. The summed E-state index contributed by atoms with van der Waals surface area (Å²) in [5.74, 6) is 0.504. The molecule has 94 valence electrons. The molecule has 1 aromatic carbocycles. The summed E-state index contributed by atoms with van der Waals surface area (Å²) in [6, 6.07) is 5.52. The maximum atomic E-state index is 11.9. The molecule has 0 unspecified atom stereocenters. The number of benzene rings is 1. The fourth-order valence-electron chi connectivity index (χ4n) is 1.67. The number of aryl methyl sites for hydroxylation is 1. The van der Waals surface area contributed by atoms with Gasteiger partial charge in [0.05, 0.1) is 6.54 Å². The molecule has 0 spiro atoms. The highest BCUT2D eigenvalue weighted by Crippen LogP contribution is 2.15. The minimum Gasteiger partial charge on any atom is -0.388 e. The number of hydrogen-bond acceptors (Lipinski definition) is 4. The van der Waals surface area contributed by atoms with Gasteiger partial charge in [-0.3, -0.25) is 9.89 Å². The Bertz CT molecular complexity index is 535. The van der Waals surface area contributed by atoms with Crippen LogP contribution in [0.4, 0.5) is 5.69 Å². The summed E-state index contributed by atoms with van der Waals surface area (Å²) in [5.41, 5.74) is 2.68. The zero-order chi connectivity index (χ0) is 13.0. The average molecular weight is 245 g/mol. The van der Waals surface area contributed by atoms with Crippen LogP contribution in [0.2, 0.25) is 0 Å². The minimum absolute atomic E-state index is 0.128. The number of aromatic nitrogens is 3. The first-order valence-corrected chi connectivity index (χ1v) is 5.61. The highest BCUT2D eigenvalue weighted by Gasteiger charge is 2.07. The predicted octanol–water partition coefficient (Wildman–Crippen LogP) is 1.08. The van der Waals surface area contributed by atoms with Crippen molar-refractivity contribution in [3.8, 4) is 0 Å². The number of carbonyl (C=O) groups excluding carboxylic acids is 1. The molecule has 0 bridgehead atoms. The van der Waals surface area contributed by atoms with Crippen LogP contribution in [0.3, 0.4) is 0 Å². The molecule has 1 heterocycles. The number of nitrogens with one attached hydrogen (secondary N) is 3. The maximum Gasteiger partial charge on any atom is 0.251 e. The zero-order valence-electron chi connectivity index (χ0n) is 10.3. The van der Waals surface area contributed by atoms with E-state index in [-0.39, 0.29) is 5.91 Å². The van der Waals surface area contributed by atoms with Crippen molar-refractivity contribution in [1.29, 1.82) is 0 Å². The van der Waals surface area contributed by atoms with Gasteiger partial charge < -0.3 is 10.6 Å². The Kier molecular flexibility index (Phi) is 3.57. The maximum absolute atomic E-state index is 11.9. The first kappa shape index (κ1) is 12.1. The third-order valence-corrected chi connectivity index (χ3v) is 2.64.